The molecule has 2 aliphatic heterocycles. The molecule has 0 spiro atoms. The summed E-state index contributed by atoms with van der Waals surface area (Å²) < 4.78 is 11.2. The highest BCUT2D eigenvalue weighted by Gasteiger charge is 2.41. The number of aryl methyl sites for hydroxylation is 1. The Morgan fingerprint density at radius 2 is 1.84 bits per heavy atom. The molecule has 6 heteroatoms. The number of fused-ring (bicyclic) bond motifs is 3. The molecule has 2 fully saturated rings. The summed E-state index contributed by atoms with van der Waals surface area (Å²) in [6.07, 6.45) is 5.28. The molecular formula is C26H33N3O3. The van der Waals surface area contributed by atoms with Gasteiger partial charge in [0.15, 0.2) is 11.5 Å². The quantitative estimate of drug-likeness (QED) is 0.557. The average molecular weight is 436 g/mol. The molecule has 3 aromatic rings. The molecule has 3 heterocycles. The van der Waals surface area contributed by atoms with Crippen LogP contribution >= 0.6 is 0 Å². The SMILES string of the molecule is COc1ccccc1OCC(O)CN1C2CCC1CC(Cc1nc3c(C)cccc3[nH]1)C2. The monoisotopic (exact) mass is 435 g/mol. The first-order chi connectivity index (χ1) is 15.6. The fourth-order valence-corrected chi connectivity index (χ4v) is 5.67. The number of aromatic amines is 1. The van der Waals surface area contributed by atoms with Crippen LogP contribution in [0.3, 0.4) is 0 Å². The molecule has 3 unspecified atom stereocenters. The molecule has 2 saturated heterocycles. The van der Waals surface area contributed by atoms with E-state index in [1.54, 1.807) is 7.11 Å². The van der Waals surface area contributed by atoms with Gasteiger partial charge in [0.05, 0.1) is 18.1 Å². The highest BCUT2D eigenvalue weighted by molar-refractivity contribution is 5.78. The molecule has 2 aromatic carbocycles. The van der Waals surface area contributed by atoms with Gasteiger partial charge < -0.3 is 19.6 Å². The van der Waals surface area contributed by atoms with Crippen LogP contribution in [0.15, 0.2) is 42.5 Å². The number of hydrogen-bond donors (Lipinski definition) is 2. The third kappa shape index (κ3) is 4.34. The van der Waals surface area contributed by atoms with Gasteiger partial charge in [-0.2, -0.15) is 0 Å². The van der Waals surface area contributed by atoms with Gasteiger partial charge in [0, 0.05) is 25.0 Å². The smallest absolute Gasteiger partial charge is 0.161 e. The molecule has 32 heavy (non-hydrogen) atoms. The van der Waals surface area contributed by atoms with E-state index in [4.69, 9.17) is 14.5 Å². The van der Waals surface area contributed by atoms with Crippen LogP contribution in [0.25, 0.3) is 11.0 Å². The first kappa shape index (κ1) is 21.3. The van der Waals surface area contributed by atoms with E-state index in [0.29, 0.717) is 36.0 Å². The lowest BCUT2D eigenvalue weighted by atomic mass is 9.87. The van der Waals surface area contributed by atoms with Crippen LogP contribution in [0.5, 0.6) is 11.5 Å². The van der Waals surface area contributed by atoms with Crippen LogP contribution in [0.2, 0.25) is 0 Å². The number of piperidine rings is 1. The molecule has 0 amide bonds. The molecule has 0 aliphatic carbocycles. The second kappa shape index (κ2) is 9.12. The van der Waals surface area contributed by atoms with E-state index in [1.165, 1.54) is 31.2 Å². The van der Waals surface area contributed by atoms with E-state index in [2.05, 4.69) is 35.0 Å². The number of nitrogens with zero attached hydrogens (tertiary/aromatic N) is 2. The normalized spacial score (nSPS) is 24.0. The summed E-state index contributed by atoms with van der Waals surface area (Å²) in [5.41, 5.74) is 3.46. The van der Waals surface area contributed by atoms with Crippen LogP contribution in [0.4, 0.5) is 0 Å². The number of nitrogens with one attached hydrogen (secondary N) is 1. The Balaban J connectivity index is 1.16. The lowest BCUT2D eigenvalue weighted by Gasteiger charge is -2.39. The highest BCUT2D eigenvalue weighted by atomic mass is 16.5. The van der Waals surface area contributed by atoms with E-state index >= 15 is 0 Å². The zero-order valence-electron chi connectivity index (χ0n) is 19.0. The molecule has 5 rings (SSSR count). The highest BCUT2D eigenvalue weighted by Crippen LogP contribution is 2.40. The van der Waals surface area contributed by atoms with Gasteiger partial charge in [-0.1, -0.05) is 24.3 Å². The summed E-state index contributed by atoms with van der Waals surface area (Å²) in [4.78, 5) is 10.9. The maximum Gasteiger partial charge on any atom is 0.161 e. The number of hydrogen-bond acceptors (Lipinski definition) is 5. The number of benzene rings is 2. The van der Waals surface area contributed by atoms with Gasteiger partial charge >= 0.3 is 0 Å². The van der Waals surface area contributed by atoms with E-state index < -0.39 is 6.10 Å². The number of imidazole rings is 1. The third-order valence-corrected chi connectivity index (χ3v) is 7.15. The Morgan fingerprint density at radius 1 is 1.09 bits per heavy atom. The maximum atomic E-state index is 10.7. The molecule has 0 radical (unpaired) electrons. The lowest BCUT2D eigenvalue weighted by Crippen LogP contribution is -2.47. The van der Waals surface area contributed by atoms with Crippen molar-refractivity contribution >= 4 is 11.0 Å². The van der Waals surface area contributed by atoms with Crippen molar-refractivity contribution in [2.75, 3.05) is 20.3 Å². The van der Waals surface area contributed by atoms with Crippen LogP contribution in [-0.2, 0) is 6.42 Å². The minimum absolute atomic E-state index is 0.276. The van der Waals surface area contributed by atoms with Crippen molar-refractivity contribution in [3.05, 3.63) is 53.9 Å². The molecular weight excluding hydrogens is 402 g/mol. The number of para-hydroxylation sites is 3. The lowest BCUT2D eigenvalue weighted by molar-refractivity contribution is 0.0236. The first-order valence-electron chi connectivity index (χ1n) is 11.7. The largest absolute Gasteiger partial charge is 0.493 e. The predicted molar refractivity (Wildman–Crippen MR) is 125 cm³/mol. The van der Waals surface area contributed by atoms with E-state index in [9.17, 15) is 5.11 Å². The molecule has 3 atom stereocenters. The van der Waals surface area contributed by atoms with Crippen molar-refractivity contribution in [2.24, 2.45) is 5.92 Å². The topological polar surface area (TPSA) is 70.6 Å². The van der Waals surface area contributed by atoms with Crippen LogP contribution in [0.1, 0.15) is 37.1 Å². The van der Waals surface area contributed by atoms with Gasteiger partial charge in [-0.05, 0) is 62.3 Å². The van der Waals surface area contributed by atoms with Crippen molar-refractivity contribution in [3.63, 3.8) is 0 Å². The van der Waals surface area contributed by atoms with Gasteiger partial charge in [-0.15, -0.1) is 0 Å². The summed E-state index contributed by atoms with van der Waals surface area (Å²) in [6.45, 7) is 3.06. The van der Waals surface area contributed by atoms with Crippen LogP contribution in [-0.4, -0.2) is 58.4 Å². The summed E-state index contributed by atoms with van der Waals surface area (Å²) in [5, 5.41) is 10.7. The molecule has 2 N–H and O–H groups in total. The predicted octanol–water partition coefficient (Wildman–Crippen LogP) is 4.11. The second-order valence-corrected chi connectivity index (χ2v) is 9.39. The van der Waals surface area contributed by atoms with Gasteiger partial charge in [-0.3, -0.25) is 4.90 Å². The standard InChI is InChI=1S/C26H33N3O3/c1-17-6-5-7-22-26(17)28-25(27-22)14-18-12-19-10-11-20(13-18)29(19)15-21(30)16-32-24-9-4-3-8-23(24)31-2/h3-9,18-21,30H,10-16H2,1-2H3,(H,27,28). The van der Waals surface area contributed by atoms with E-state index in [1.807, 2.05) is 24.3 Å². The summed E-state index contributed by atoms with van der Waals surface area (Å²) in [5.74, 6) is 3.13. The first-order valence-corrected chi connectivity index (χ1v) is 11.7. The summed E-state index contributed by atoms with van der Waals surface area (Å²) in [7, 11) is 1.63. The number of methoxy groups -OCH3 is 1. The van der Waals surface area contributed by atoms with Crippen molar-refractivity contribution < 1.29 is 14.6 Å². The molecule has 0 saturated carbocycles. The number of aliphatic hydroxyl groups is 1. The maximum absolute atomic E-state index is 10.7. The van der Waals surface area contributed by atoms with Crippen LogP contribution < -0.4 is 9.47 Å². The Kier molecular flexibility index (Phi) is 6.07. The molecule has 6 nitrogen and oxygen atoms in total. The minimum Gasteiger partial charge on any atom is -0.493 e. The third-order valence-electron chi connectivity index (χ3n) is 7.15. The Bertz CT molecular complexity index is 1050. The fourth-order valence-electron chi connectivity index (χ4n) is 5.67. The van der Waals surface area contributed by atoms with Gasteiger partial charge in [0.25, 0.3) is 0 Å². The Morgan fingerprint density at radius 3 is 2.56 bits per heavy atom. The van der Waals surface area contributed by atoms with E-state index in [0.717, 1.165) is 23.3 Å². The minimum atomic E-state index is -0.516. The number of aliphatic hydroxyl groups excluding tert-OH is 1. The second-order valence-electron chi connectivity index (χ2n) is 9.39. The Hall–Kier alpha value is -2.57. The van der Waals surface area contributed by atoms with Crippen LogP contribution in [0, 0.1) is 12.8 Å². The van der Waals surface area contributed by atoms with Gasteiger partial charge in [0.1, 0.15) is 18.5 Å². The number of H-pyrrole nitrogens is 1. The molecule has 2 aliphatic rings. The number of rotatable bonds is 8. The number of aromatic nitrogens is 2. The zero-order valence-corrected chi connectivity index (χ0v) is 19.0. The molecule has 2 bridgehead atoms. The van der Waals surface area contributed by atoms with Crippen molar-refractivity contribution in [1.29, 1.82) is 0 Å². The van der Waals surface area contributed by atoms with Gasteiger partial charge in [0.2, 0.25) is 0 Å². The van der Waals surface area contributed by atoms with Crippen molar-refractivity contribution in [3.8, 4) is 11.5 Å². The van der Waals surface area contributed by atoms with Gasteiger partial charge in [-0.25, -0.2) is 4.98 Å². The van der Waals surface area contributed by atoms with Crippen molar-refractivity contribution in [2.45, 2.75) is 57.2 Å². The summed E-state index contributed by atoms with van der Waals surface area (Å²) in [6, 6.07) is 15.0. The summed E-state index contributed by atoms with van der Waals surface area (Å²) >= 11 is 0. The molecule has 1 aromatic heterocycles. The van der Waals surface area contributed by atoms with Crippen molar-refractivity contribution in [1.82, 2.24) is 14.9 Å². The van der Waals surface area contributed by atoms with E-state index in [-0.39, 0.29) is 6.61 Å². The molecule has 170 valence electrons. The number of ether oxygens (including phenoxy) is 2. The zero-order chi connectivity index (χ0) is 22.1. The Labute approximate surface area is 189 Å². The fraction of sp³-hybridized carbons (Fsp3) is 0.500. The average Bonchev–Trinajstić information content (AvgIpc) is 3.30.